The summed E-state index contributed by atoms with van der Waals surface area (Å²) < 4.78 is 14.5. The lowest BCUT2D eigenvalue weighted by molar-refractivity contribution is 0.0710. The first-order valence-electron chi connectivity index (χ1n) is 14.1. The van der Waals surface area contributed by atoms with Crippen LogP contribution in [0.3, 0.4) is 0 Å². The number of rotatable bonds is 9. The Bertz CT molecular complexity index is 713. The molecule has 4 rings (SSSR count). The van der Waals surface area contributed by atoms with Crippen LogP contribution in [0.5, 0.6) is 0 Å². The second kappa shape index (κ2) is 11.8. The zero-order chi connectivity index (χ0) is 22.3. The Morgan fingerprint density at radius 3 is 2.25 bits per heavy atom. The summed E-state index contributed by atoms with van der Waals surface area (Å²) in [5.74, 6) is 5.43. The Labute approximate surface area is 197 Å². The van der Waals surface area contributed by atoms with Gasteiger partial charge < -0.3 is 0 Å². The Balaban J connectivity index is 1.23. The van der Waals surface area contributed by atoms with Gasteiger partial charge in [-0.2, -0.15) is 0 Å². The third kappa shape index (κ3) is 6.06. The van der Waals surface area contributed by atoms with Gasteiger partial charge in [0.05, 0.1) is 0 Å². The molecule has 4 unspecified atom stereocenters. The van der Waals surface area contributed by atoms with Crippen LogP contribution in [-0.4, -0.2) is 0 Å². The van der Waals surface area contributed by atoms with Gasteiger partial charge in [-0.25, -0.2) is 4.39 Å². The van der Waals surface area contributed by atoms with E-state index in [1.807, 2.05) is 12.1 Å². The smallest absolute Gasteiger partial charge is 0.126 e. The van der Waals surface area contributed by atoms with E-state index in [9.17, 15) is 4.39 Å². The first kappa shape index (κ1) is 24.0. The maximum Gasteiger partial charge on any atom is 0.126 e. The van der Waals surface area contributed by atoms with Crippen molar-refractivity contribution < 1.29 is 4.39 Å². The molecular weight excluding hydrogens is 391 g/mol. The zero-order valence-corrected chi connectivity index (χ0v) is 20.7. The third-order valence-corrected chi connectivity index (χ3v) is 9.59. The summed E-state index contributed by atoms with van der Waals surface area (Å²) in [4.78, 5) is 0. The average molecular weight is 439 g/mol. The Morgan fingerprint density at radius 2 is 1.53 bits per heavy atom. The van der Waals surface area contributed by atoms with Gasteiger partial charge in [-0.05, 0) is 110 Å². The molecule has 0 nitrogen and oxygen atoms in total. The van der Waals surface area contributed by atoms with Crippen molar-refractivity contribution in [2.24, 2.45) is 29.6 Å². The molecule has 1 heteroatoms. The van der Waals surface area contributed by atoms with Crippen LogP contribution in [0, 0.1) is 35.4 Å². The van der Waals surface area contributed by atoms with E-state index in [4.69, 9.17) is 0 Å². The summed E-state index contributed by atoms with van der Waals surface area (Å²) in [6, 6.07) is 6.02. The quantitative estimate of drug-likeness (QED) is 0.266. The van der Waals surface area contributed by atoms with Crippen LogP contribution >= 0.6 is 0 Å². The zero-order valence-electron chi connectivity index (χ0n) is 20.7. The van der Waals surface area contributed by atoms with Gasteiger partial charge in [-0.1, -0.05) is 70.1 Å². The van der Waals surface area contributed by atoms with Gasteiger partial charge in [0, 0.05) is 0 Å². The van der Waals surface area contributed by atoms with E-state index in [0.717, 1.165) is 35.2 Å². The van der Waals surface area contributed by atoms with Gasteiger partial charge in [-0.15, -0.1) is 6.58 Å². The summed E-state index contributed by atoms with van der Waals surface area (Å²) in [5, 5.41) is 0. The molecular formula is C31H47F. The Hall–Kier alpha value is -1.11. The molecule has 3 fully saturated rings. The van der Waals surface area contributed by atoms with Crippen LogP contribution in [-0.2, 0) is 6.42 Å². The number of benzene rings is 1. The van der Waals surface area contributed by atoms with Crippen molar-refractivity contribution >= 4 is 0 Å². The molecule has 32 heavy (non-hydrogen) atoms. The predicted molar refractivity (Wildman–Crippen MR) is 135 cm³/mol. The maximum atomic E-state index is 14.5. The highest BCUT2D eigenvalue weighted by Gasteiger charge is 2.39. The van der Waals surface area contributed by atoms with Gasteiger partial charge in [0.25, 0.3) is 0 Å². The fourth-order valence-electron chi connectivity index (χ4n) is 7.60. The number of hydrogen-bond donors (Lipinski definition) is 0. The van der Waals surface area contributed by atoms with Gasteiger partial charge in [0.2, 0.25) is 0 Å². The minimum absolute atomic E-state index is 0.0332. The summed E-state index contributed by atoms with van der Waals surface area (Å²) in [6.07, 6.45) is 24.0. The van der Waals surface area contributed by atoms with E-state index in [0.29, 0.717) is 12.3 Å². The van der Waals surface area contributed by atoms with Crippen LogP contribution in [0.2, 0.25) is 0 Å². The topological polar surface area (TPSA) is 0 Å². The van der Waals surface area contributed by atoms with E-state index < -0.39 is 0 Å². The van der Waals surface area contributed by atoms with E-state index in [1.165, 1.54) is 102 Å². The first-order chi connectivity index (χ1) is 15.7. The molecule has 3 aliphatic rings. The molecule has 3 aliphatic carbocycles. The highest BCUT2D eigenvalue weighted by molar-refractivity contribution is 5.28. The maximum absolute atomic E-state index is 14.5. The lowest BCUT2D eigenvalue weighted by Gasteiger charge is -2.45. The highest BCUT2D eigenvalue weighted by atomic mass is 19.1. The van der Waals surface area contributed by atoms with E-state index in [2.05, 4.69) is 19.6 Å². The summed E-state index contributed by atoms with van der Waals surface area (Å²) in [5.41, 5.74) is 2.03. The number of halogens is 1. The molecule has 0 bridgehead atoms. The predicted octanol–water partition coefficient (Wildman–Crippen LogP) is 9.63. The van der Waals surface area contributed by atoms with Crippen molar-refractivity contribution in [1.29, 1.82) is 0 Å². The monoisotopic (exact) mass is 438 g/mol. The number of hydrogen-bond acceptors (Lipinski definition) is 0. The highest BCUT2D eigenvalue weighted by Crippen LogP contribution is 2.51. The molecule has 1 aromatic carbocycles. The number of unbranched alkanes of at least 4 members (excludes halogenated alkanes) is 3. The standard InChI is InChI=1S/C31H47F/c1-3-5-6-7-9-23-10-12-24(13-11-23)26-16-17-28-21-29(19-18-27(28)20-26)30-15-14-25(8-4-2)31(32)22-30/h4,14-15,22-24,26-29H,2-3,5-13,16-21H2,1H3. The molecule has 4 atom stereocenters. The van der Waals surface area contributed by atoms with Crippen LogP contribution in [0.25, 0.3) is 0 Å². The minimum atomic E-state index is -0.0332. The first-order valence-corrected chi connectivity index (χ1v) is 14.1. The molecule has 1 aromatic rings. The lowest BCUT2D eigenvalue weighted by atomic mass is 9.60. The van der Waals surface area contributed by atoms with Gasteiger partial charge in [0.15, 0.2) is 0 Å². The number of fused-ring (bicyclic) bond motifs is 1. The molecule has 0 amide bonds. The molecule has 0 radical (unpaired) electrons. The lowest BCUT2D eigenvalue weighted by Crippen LogP contribution is -2.34. The molecule has 0 spiro atoms. The molecule has 0 saturated heterocycles. The SMILES string of the molecule is C=CCc1ccc(C2CCC3CC(C4CCC(CCCCCC)CC4)CCC3C2)cc1F. The minimum Gasteiger partial charge on any atom is -0.207 e. The van der Waals surface area contributed by atoms with Crippen molar-refractivity contribution in [3.05, 3.63) is 47.8 Å². The summed E-state index contributed by atoms with van der Waals surface area (Å²) >= 11 is 0. The Morgan fingerprint density at radius 1 is 0.844 bits per heavy atom. The van der Waals surface area contributed by atoms with Crippen LogP contribution in [0.15, 0.2) is 30.9 Å². The molecule has 0 aromatic heterocycles. The van der Waals surface area contributed by atoms with Gasteiger partial charge in [0.1, 0.15) is 5.82 Å². The normalized spacial score (nSPS) is 32.9. The van der Waals surface area contributed by atoms with Crippen LogP contribution in [0.4, 0.5) is 4.39 Å². The van der Waals surface area contributed by atoms with E-state index in [1.54, 1.807) is 6.08 Å². The number of allylic oxidation sites excluding steroid dienone is 1. The largest absolute Gasteiger partial charge is 0.207 e. The van der Waals surface area contributed by atoms with Crippen molar-refractivity contribution in [2.75, 3.05) is 0 Å². The van der Waals surface area contributed by atoms with Crippen molar-refractivity contribution in [2.45, 2.75) is 116 Å². The third-order valence-electron chi connectivity index (χ3n) is 9.59. The summed E-state index contributed by atoms with van der Waals surface area (Å²) in [7, 11) is 0. The second-order valence-electron chi connectivity index (χ2n) is 11.6. The fourth-order valence-corrected chi connectivity index (χ4v) is 7.60. The van der Waals surface area contributed by atoms with Crippen molar-refractivity contribution in [1.82, 2.24) is 0 Å². The Kier molecular flexibility index (Phi) is 8.90. The average Bonchev–Trinajstić information content (AvgIpc) is 2.83. The summed E-state index contributed by atoms with van der Waals surface area (Å²) in [6.45, 7) is 6.06. The molecule has 3 saturated carbocycles. The molecule has 0 N–H and O–H groups in total. The molecule has 0 heterocycles. The molecule has 0 aliphatic heterocycles. The van der Waals surface area contributed by atoms with Crippen molar-refractivity contribution in [3.8, 4) is 0 Å². The van der Waals surface area contributed by atoms with Gasteiger partial charge >= 0.3 is 0 Å². The second-order valence-corrected chi connectivity index (χ2v) is 11.6. The molecule has 178 valence electrons. The van der Waals surface area contributed by atoms with Crippen molar-refractivity contribution in [3.63, 3.8) is 0 Å². The van der Waals surface area contributed by atoms with E-state index in [-0.39, 0.29) is 5.82 Å². The van der Waals surface area contributed by atoms with Crippen LogP contribution in [0.1, 0.15) is 120 Å². The van der Waals surface area contributed by atoms with E-state index >= 15 is 0 Å². The van der Waals surface area contributed by atoms with Gasteiger partial charge in [-0.3, -0.25) is 0 Å². The fraction of sp³-hybridized carbons (Fsp3) is 0.742. The van der Waals surface area contributed by atoms with Crippen LogP contribution < -0.4 is 0 Å².